The van der Waals surface area contributed by atoms with Gasteiger partial charge in [0, 0.05) is 0 Å². The third-order valence-corrected chi connectivity index (χ3v) is 1.34. The molecule has 0 aliphatic carbocycles. The first-order chi connectivity index (χ1) is 4.66. The van der Waals surface area contributed by atoms with Gasteiger partial charge in [-0.05, 0) is 12.8 Å². The number of alkyl halides is 1. The molecule has 11 heavy (non-hydrogen) atoms. The number of carbonyl (C=O) groups excluding carboxylic acids is 1. The number of amides is 1. The molecule has 1 atom stereocenters. The average molecular weight is 183 g/mol. The molecule has 0 radical (unpaired) electrons. The zero-order valence-corrected chi connectivity index (χ0v) is 7.43. The van der Waals surface area contributed by atoms with E-state index in [0.717, 1.165) is 12.8 Å². The molecule has 0 saturated carbocycles. The minimum Gasteiger partial charge on any atom is -0.430 e. The molecule has 0 spiro atoms. The van der Waals surface area contributed by atoms with E-state index >= 15 is 0 Å². The van der Waals surface area contributed by atoms with Gasteiger partial charge in [-0.1, -0.05) is 24.9 Å². The van der Waals surface area contributed by atoms with E-state index in [1.807, 2.05) is 6.92 Å². The van der Waals surface area contributed by atoms with Crippen LogP contribution in [-0.4, -0.2) is 11.7 Å². The first kappa shape index (κ1) is 13.1. The zero-order chi connectivity index (χ0) is 7.98. The van der Waals surface area contributed by atoms with Gasteiger partial charge < -0.3 is 16.6 Å². The summed E-state index contributed by atoms with van der Waals surface area (Å²) in [6, 6.07) is 0. The summed E-state index contributed by atoms with van der Waals surface area (Å²) < 4.78 is 4.46. The van der Waals surface area contributed by atoms with Crippen LogP contribution in [0.1, 0.15) is 26.2 Å². The number of halogens is 1. The van der Waals surface area contributed by atoms with Crippen molar-refractivity contribution in [2.75, 3.05) is 0 Å². The highest BCUT2D eigenvalue weighted by Crippen LogP contribution is 2.07. The average Bonchev–Trinajstić information content (AvgIpc) is 1.82. The van der Waals surface area contributed by atoms with Crippen LogP contribution in [-0.2, 0) is 4.74 Å². The van der Waals surface area contributed by atoms with E-state index in [2.05, 4.69) is 4.74 Å². The summed E-state index contributed by atoms with van der Waals surface area (Å²) in [6.07, 6.45) is 1.84. The molecule has 5 N–H and O–H groups in total. The Kier molecular flexibility index (Phi) is 9.10. The van der Waals surface area contributed by atoms with E-state index in [1.165, 1.54) is 0 Å². The lowest BCUT2D eigenvalue weighted by atomic mass is 10.3. The van der Waals surface area contributed by atoms with Crippen molar-refractivity contribution in [2.45, 2.75) is 31.7 Å². The fourth-order valence-electron chi connectivity index (χ4n) is 0.550. The Hall–Kier alpha value is -0.480. The number of hydrogen-bond acceptors (Lipinski definition) is 3. The Balaban J connectivity index is 0. The maximum atomic E-state index is 10.1. The second-order valence-electron chi connectivity index (χ2n) is 1.99. The summed E-state index contributed by atoms with van der Waals surface area (Å²) in [7, 11) is 0. The number of hydrogen-bond donors (Lipinski definition) is 2. The van der Waals surface area contributed by atoms with Gasteiger partial charge in [0.05, 0.1) is 0 Å². The van der Waals surface area contributed by atoms with Gasteiger partial charge >= 0.3 is 6.09 Å². The van der Waals surface area contributed by atoms with Crippen molar-refractivity contribution in [1.29, 1.82) is 0 Å². The number of ether oxygens (including phenoxy) is 1. The van der Waals surface area contributed by atoms with Gasteiger partial charge in [-0.15, -0.1) is 0 Å². The van der Waals surface area contributed by atoms with Crippen LogP contribution in [0.4, 0.5) is 4.79 Å². The normalized spacial score (nSPS) is 11.5. The molecule has 1 amide bonds. The van der Waals surface area contributed by atoms with Gasteiger partial charge in [0.25, 0.3) is 0 Å². The topological polar surface area (TPSA) is 87.3 Å². The fourth-order valence-corrected chi connectivity index (χ4v) is 0.792. The summed E-state index contributed by atoms with van der Waals surface area (Å²) in [5.41, 5.74) is 4.16. The minimum absolute atomic E-state index is 0. The molecule has 4 nitrogen and oxygen atoms in total. The van der Waals surface area contributed by atoms with Crippen LogP contribution in [0.5, 0.6) is 0 Å². The number of carbonyl (C=O) groups is 1. The van der Waals surface area contributed by atoms with E-state index in [-0.39, 0.29) is 6.15 Å². The number of primary amides is 1. The van der Waals surface area contributed by atoms with Gasteiger partial charge in [0.1, 0.15) is 0 Å². The minimum atomic E-state index is -0.809. The largest absolute Gasteiger partial charge is 0.430 e. The highest BCUT2D eigenvalue weighted by atomic mass is 35.5. The molecule has 0 aromatic heterocycles. The van der Waals surface area contributed by atoms with Crippen molar-refractivity contribution in [1.82, 2.24) is 6.15 Å². The summed E-state index contributed by atoms with van der Waals surface area (Å²) in [5.74, 6) is 0. The summed E-state index contributed by atoms with van der Waals surface area (Å²) in [5, 5.41) is 0. The second-order valence-corrected chi connectivity index (χ2v) is 2.48. The molecule has 0 rings (SSSR count). The van der Waals surface area contributed by atoms with Crippen LogP contribution in [0.2, 0.25) is 0 Å². The van der Waals surface area contributed by atoms with E-state index in [1.54, 1.807) is 0 Å². The first-order valence-electron chi connectivity index (χ1n) is 3.27. The quantitative estimate of drug-likeness (QED) is 0.652. The molecule has 1 unspecified atom stereocenters. The van der Waals surface area contributed by atoms with Crippen molar-refractivity contribution in [2.24, 2.45) is 5.73 Å². The fraction of sp³-hybridized carbons (Fsp3) is 0.833. The molecule has 0 aliphatic rings. The highest BCUT2D eigenvalue weighted by molar-refractivity contribution is 6.20. The molecule has 0 heterocycles. The van der Waals surface area contributed by atoms with Crippen molar-refractivity contribution in [3.8, 4) is 0 Å². The number of unbranched alkanes of at least 4 members (excludes halogenated alkanes) is 1. The maximum Gasteiger partial charge on any atom is 0.405 e. The third-order valence-electron chi connectivity index (χ3n) is 1.03. The molecule has 0 saturated heterocycles. The molecule has 0 aromatic carbocycles. The van der Waals surface area contributed by atoms with Crippen LogP contribution < -0.4 is 11.9 Å². The summed E-state index contributed by atoms with van der Waals surface area (Å²) in [4.78, 5) is 10.1. The molecule has 0 aromatic rings. The first-order valence-corrected chi connectivity index (χ1v) is 3.70. The van der Waals surface area contributed by atoms with Crippen molar-refractivity contribution in [3.05, 3.63) is 0 Å². The van der Waals surface area contributed by atoms with Crippen LogP contribution in [0.15, 0.2) is 0 Å². The van der Waals surface area contributed by atoms with Crippen molar-refractivity contribution in [3.63, 3.8) is 0 Å². The molecule has 0 bridgehead atoms. The second kappa shape index (κ2) is 7.63. The standard InChI is InChI=1S/C6H12ClNO2.H3N/c1-2-3-4-5(7)10-6(8)9;/h5H,2-4H2,1H3,(H2,8,9);1H3. The van der Waals surface area contributed by atoms with Gasteiger partial charge in [-0.25, -0.2) is 4.79 Å². The monoisotopic (exact) mass is 182 g/mol. The van der Waals surface area contributed by atoms with Gasteiger partial charge in [-0.3, -0.25) is 0 Å². The molecule has 68 valence electrons. The van der Waals surface area contributed by atoms with Crippen molar-refractivity contribution < 1.29 is 9.53 Å². The van der Waals surface area contributed by atoms with E-state index in [4.69, 9.17) is 17.3 Å². The van der Waals surface area contributed by atoms with Crippen molar-refractivity contribution >= 4 is 17.7 Å². The van der Waals surface area contributed by atoms with Gasteiger partial charge in [0.15, 0.2) is 5.56 Å². The zero-order valence-electron chi connectivity index (χ0n) is 6.68. The number of rotatable bonds is 4. The van der Waals surface area contributed by atoms with E-state index < -0.39 is 11.7 Å². The molecule has 5 heteroatoms. The Morgan fingerprint density at radius 1 is 1.73 bits per heavy atom. The molecular formula is C6H15ClN2O2. The van der Waals surface area contributed by atoms with Crippen LogP contribution in [0.3, 0.4) is 0 Å². The van der Waals surface area contributed by atoms with Crippen LogP contribution >= 0.6 is 11.6 Å². The Labute approximate surface area is 71.6 Å². The smallest absolute Gasteiger partial charge is 0.405 e. The predicted octanol–water partition coefficient (Wildman–Crippen LogP) is 2.00. The third kappa shape index (κ3) is 9.52. The lowest BCUT2D eigenvalue weighted by Crippen LogP contribution is -2.18. The lowest BCUT2D eigenvalue weighted by molar-refractivity contribution is 0.138. The van der Waals surface area contributed by atoms with Gasteiger partial charge in [-0.2, -0.15) is 0 Å². The molecule has 0 fully saturated rings. The van der Waals surface area contributed by atoms with E-state index in [9.17, 15) is 4.79 Å². The number of nitrogens with two attached hydrogens (primary N) is 1. The maximum absolute atomic E-state index is 10.1. The Morgan fingerprint density at radius 3 is 2.64 bits per heavy atom. The van der Waals surface area contributed by atoms with E-state index in [0.29, 0.717) is 6.42 Å². The highest BCUT2D eigenvalue weighted by Gasteiger charge is 2.05. The summed E-state index contributed by atoms with van der Waals surface area (Å²) in [6.45, 7) is 2.04. The predicted molar refractivity (Wildman–Crippen MR) is 44.9 cm³/mol. The summed E-state index contributed by atoms with van der Waals surface area (Å²) >= 11 is 5.53. The SMILES string of the molecule is CCCCC(Cl)OC(N)=O.N. The molecule has 0 aliphatic heterocycles. The lowest BCUT2D eigenvalue weighted by Gasteiger charge is -2.06. The Morgan fingerprint density at radius 2 is 2.27 bits per heavy atom. The van der Waals surface area contributed by atoms with Crippen LogP contribution in [0.25, 0.3) is 0 Å². The molecular weight excluding hydrogens is 168 g/mol. The Bertz CT molecular complexity index is 111. The van der Waals surface area contributed by atoms with Gasteiger partial charge in [0.2, 0.25) is 0 Å². The van der Waals surface area contributed by atoms with Crippen LogP contribution in [0, 0.1) is 0 Å².